The molecule has 1 unspecified atom stereocenters. The Hall–Kier alpha value is -2.45. The number of guanidine groups is 1. The Morgan fingerprint density at radius 2 is 2.19 bits per heavy atom. The van der Waals surface area contributed by atoms with Gasteiger partial charge in [0.1, 0.15) is 11.9 Å². The van der Waals surface area contributed by atoms with Crippen LogP contribution < -0.4 is 10.6 Å². The van der Waals surface area contributed by atoms with Gasteiger partial charge in [0.2, 0.25) is 0 Å². The van der Waals surface area contributed by atoms with Crippen molar-refractivity contribution in [2.24, 2.45) is 4.99 Å². The third-order valence-corrected chi connectivity index (χ3v) is 6.03. The highest BCUT2D eigenvalue weighted by Gasteiger charge is 2.16. The summed E-state index contributed by atoms with van der Waals surface area (Å²) in [7, 11) is 1.72. The van der Waals surface area contributed by atoms with Crippen LogP contribution in [-0.4, -0.2) is 39.4 Å². The van der Waals surface area contributed by atoms with Crippen molar-refractivity contribution in [1.29, 1.82) is 0 Å². The second-order valence-corrected chi connectivity index (χ2v) is 7.77. The maximum absolute atomic E-state index is 10.5. The van der Waals surface area contributed by atoms with Crippen molar-refractivity contribution in [2.75, 3.05) is 13.6 Å². The van der Waals surface area contributed by atoms with Gasteiger partial charge in [-0.25, -0.2) is 0 Å². The smallest absolute Gasteiger partial charge is 0.191 e. The lowest BCUT2D eigenvalue weighted by Gasteiger charge is -2.17. The van der Waals surface area contributed by atoms with Gasteiger partial charge in [-0.2, -0.15) is 0 Å². The SMILES string of the molecule is CN=C(NCc1nnc2n1CCCC2)NCC(O)c1cc2ccccc2s1. The monoisotopic (exact) mass is 384 g/mol. The predicted molar refractivity (Wildman–Crippen MR) is 108 cm³/mol. The third-order valence-electron chi connectivity index (χ3n) is 4.81. The molecule has 142 valence electrons. The molecule has 1 aliphatic rings. The molecule has 1 atom stereocenters. The molecule has 0 fully saturated rings. The molecular weight excluding hydrogens is 360 g/mol. The molecule has 1 aliphatic heterocycles. The first-order valence-corrected chi connectivity index (χ1v) is 10.1. The molecular formula is C19H24N6OS. The summed E-state index contributed by atoms with van der Waals surface area (Å²) in [6.07, 6.45) is 2.78. The van der Waals surface area contributed by atoms with Gasteiger partial charge in [0.25, 0.3) is 0 Å². The fourth-order valence-electron chi connectivity index (χ4n) is 3.34. The number of rotatable bonds is 5. The van der Waals surface area contributed by atoms with Gasteiger partial charge in [-0.3, -0.25) is 4.99 Å². The maximum Gasteiger partial charge on any atom is 0.191 e. The average molecular weight is 385 g/mol. The lowest BCUT2D eigenvalue weighted by Crippen LogP contribution is -2.39. The zero-order valence-electron chi connectivity index (χ0n) is 15.4. The number of thiophene rings is 1. The van der Waals surface area contributed by atoms with E-state index in [4.69, 9.17) is 0 Å². The number of fused-ring (bicyclic) bond motifs is 2. The number of nitrogens with zero attached hydrogens (tertiary/aromatic N) is 4. The largest absolute Gasteiger partial charge is 0.386 e. The Labute approximate surface area is 162 Å². The molecule has 0 saturated heterocycles. The Morgan fingerprint density at radius 3 is 3.04 bits per heavy atom. The first-order chi connectivity index (χ1) is 13.2. The number of hydrogen-bond acceptors (Lipinski definition) is 5. The van der Waals surface area contributed by atoms with Gasteiger partial charge in [-0.15, -0.1) is 21.5 Å². The minimum atomic E-state index is -0.582. The molecule has 0 bridgehead atoms. The van der Waals surface area contributed by atoms with E-state index >= 15 is 0 Å². The lowest BCUT2D eigenvalue weighted by molar-refractivity contribution is 0.184. The van der Waals surface area contributed by atoms with Crippen molar-refractivity contribution in [2.45, 2.75) is 38.5 Å². The molecule has 1 aromatic carbocycles. The molecule has 3 heterocycles. The Bertz CT molecular complexity index is 914. The number of aliphatic hydroxyl groups is 1. The number of aromatic nitrogens is 3. The quantitative estimate of drug-likeness (QED) is 0.464. The molecule has 4 rings (SSSR count). The van der Waals surface area contributed by atoms with Crippen LogP contribution in [0.4, 0.5) is 0 Å². The Balaban J connectivity index is 1.33. The van der Waals surface area contributed by atoms with Crippen molar-refractivity contribution < 1.29 is 5.11 Å². The van der Waals surface area contributed by atoms with E-state index in [0.717, 1.165) is 34.9 Å². The summed E-state index contributed by atoms with van der Waals surface area (Å²) >= 11 is 1.62. The third kappa shape index (κ3) is 3.96. The molecule has 3 aromatic rings. The van der Waals surface area contributed by atoms with Crippen molar-refractivity contribution >= 4 is 27.4 Å². The van der Waals surface area contributed by atoms with Crippen LogP contribution in [0.5, 0.6) is 0 Å². The van der Waals surface area contributed by atoms with E-state index in [9.17, 15) is 5.11 Å². The minimum Gasteiger partial charge on any atom is -0.386 e. The fourth-order valence-corrected chi connectivity index (χ4v) is 4.39. The molecule has 2 aromatic heterocycles. The zero-order chi connectivity index (χ0) is 18.6. The fraction of sp³-hybridized carbons (Fsp3) is 0.421. The van der Waals surface area contributed by atoms with Gasteiger partial charge in [-0.05, 0) is 30.4 Å². The predicted octanol–water partition coefficient (Wildman–Crippen LogP) is 2.23. The molecule has 0 saturated carbocycles. The summed E-state index contributed by atoms with van der Waals surface area (Å²) < 4.78 is 3.38. The highest BCUT2D eigenvalue weighted by Crippen LogP contribution is 2.29. The molecule has 3 N–H and O–H groups in total. The molecule has 0 amide bonds. The van der Waals surface area contributed by atoms with Gasteiger partial charge in [-0.1, -0.05) is 18.2 Å². The van der Waals surface area contributed by atoms with E-state index in [1.165, 1.54) is 17.5 Å². The Morgan fingerprint density at radius 1 is 1.30 bits per heavy atom. The summed E-state index contributed by atoms with van der Waals surface area (Å²) in [5, 5.41) is 26.7. The van der Waals surface area contributed by atoms with Gasteiger partial charge < -0.3 is 20.3 Å². The molecule has 0 radical (unpaired) electrons. The van der Waals surface area contributed by atoms with Crippen LogP contribution in [0.1, 0.15) is 35.5 Å². The average Bonchev–Trinajstić information content (AvgIpc) is 3.32. The van der Waals surface area contributed by atoms with Crippen LogP contribution >= 0.6 is 11.3 Å². The summed E-state index contributed by atoms with van der Waals surface area (Å²) in [6, 6.07) is 10.2. The van der Waals surface area contributed by atoms with E-state index in [1.54, 1.807) is 18.4 Å². The second kappa shape index (κ2) is 8.06. The first-order valence-electron chi connectivity index (χ1n) is 9.26. The van der Waals surface area contributed by atoms with Crippen LogP contribution in [0, 0.1) is 0 Å². The van der Waals surface area contributed by atoms with E-state index in [-0.39, 0.29) is 0 Å². The minimum absolute atomic E-state index is 0.393. The molecule has 27 heavy (non-hydrogen) atoms. The summed E-state index contributed by atoms with van der Waals surface area (Å²) in [6.45, 7) is 1.94. The summed E-state index contributed by atoms with van der Waals surface area (Å²) in [4.78, 5) is 5.19. The lowest BCUT2D eigenvalue weighted by atomic mass is 10.2. The maximum atomic E-state index is 10.5. The van der Waals surface area contributed by atoms with Gasteiger partial charge in [0.15, 0.2) is 11.8 Å². The number of hydrogen-bond donors (Lipinski definition) is 3. The molecule has 8 heteroatoms. The summed E-state index contributed by atoms with van der Waals surface area (Å²) in [5.41, 5.74) is 0. The Kier molecular flexibility index (Phi) is 5.35. The molecule has 0 aliphatic carbocycles. The van der Waals surface area contributed by atoms with Gasteiger partial charge in [0.05, 0.1) is 6.54 Å². The van der Waals surface area contributed by atoms with Crippen LogP contribution in [0.2, 0.25) is 0 Å². The second-order valence-electron chi connectivity index (χ2n) is 6.65. The van der Waals surface area contributed by atoms with E-state index in [0.29, 0.717) is 19.0 Å². The van der Waals surface area contributed by atoms with Crippen molar-refractivity contribution in [3.05, 3.63) is 46.9 Å². The van der Waals surface area contributed by atoms with Gasteiger partial charge in [0, 0.05) is 36.1 Å². The van der Waals surface area contributed by atoms with Crippen molar-refractivity contribution in [1.82, 2.24) is 25.4 Å². The highest BCUT2D eigenvalue weighted by atomic mass is 32.1. The topological polar surface area (TPSA) is 87.4 Å². The van der Waals surface area contributed by atoms with Crippen molar-refractivity contribution in [3.63, 3.8) is 0 Å². The molecule has 7 nitrogen and oxygen atoms in total. The number of benzene rings is 1. The van der Waals surface area contributed by atoms with Crippen LogP contribution in [0.3, 0.4) is 0 Å². The van der Waals surface area contributed by atoms with Crippen LogP contribution in [-0.2, 0) is 19.5 Å². The van der Waals surface area contributed by atoms with Crippen molar-refractivity contribution in [3.8, 4) is 0 Å². The number of aryl methyl sites for hydroxylation is 1. The normalized spacial score (nSPS) is 15.6. The summed E-state index contributed by atoms with van der Waals surface area (Å²) in [5.74, 6) is 2.64. The number of aliphatic imine (C=N–C) groups is 1. The van der Waals surface area contributed by atoms with E-state index in [1.807, 2.05) is 18.2 Å². The van der Waals surface area contributed by atoms with Gasteiger partial charge >= 0.3 is 0 Å². The van der Waals surface area contributed by atoms with Crippen LogP contribution in [0.25, 0.3) is 10.1 Å². The number of aliphatic hydroxyl groups excluding tert-OH is 1. The molecule has 0 spiro atoms. The number of nitrogens with one attached hydrogen (secondary N) is 2. The van der Waals surface area contributed by atoms with E-state index in [2.05, 4.69) is 42.5 Å². The highest BCUT2D eigenvalue weighted by molar-refractivity contribution is 7.19. The standard InChI is InChI=1S/C19H24N6OS/c1-20-19(22-12-18-24-23-17-8-4-5-9-25(17)18)21-11-14(26)16-10-13-6-2-3-7-15(13)27-16/h2-3,6-7,10,14,26H,4-5,8-9,11-12H2,1H3,(H2,20,21,22). The first kappa shape index (κ1) is 17.9. The zero-order valence-corrected chi connectivity index (χ0v) is 16.2. The van der Waals surface area contributed by atoms with E-state index < -0.39 is 6.10 Å². The van der Waals surface area contributed by atoms with Crippen LogP contribution in [0.15, 0.2) is 35.3 Å².